The van der Waals surface area contributed by atoms with Gasteiger partial charge < -0.3 is 14.9 Å². The minimum Gasteiger partial charge on any atom is -0.507 e. The van der Waals surface area contributed by atoms with Gasteiger partial charge in [0, 0.05) is 58.7 Å². The maximum atomic E-state index is 11.2. The number of hydrogen-bond donors (Lipinski definition) is 2. The van der Waals surface area contributed by atoms with E-state index in [0.29, 0.717) is 29.0 Å². The second-order valence-electron chi connectivity index (χ2n) is 13.3. The molecule has 0 bridgehead atoms. The third-order valence-electron chi connectivity index (χ3n) is 8.64. The molecule has 0 amide bonds. The molecule has 14 heteroatoms. The fourth-order valence-electron chi connectivity index (χ4n) is 5.65. The molecule has 7 rings (SSSR count). The molecule has 0 aliphatic heterocycles. The van der Waals surface area contributed by atoms with E-state index in [1.807, 2.05) is 104 Å². The number of ether oxygens (including phenoxy) is 1. The number of pyridine rings is 2. The number of nitrogens with zero attached hydrogens (tertiary/aromatic N) is 7. The van der Waals surface area contributed by atoms with Gasteiger partial charge in [0.15, 0.2) is 6.29 Å². The highest BCUT2D eigenvalue weighted by atomic mass is 79.9. The molecule has 7 aromatic rings. The lowest BCUT2D eigenvalue weighted by Crippen LogP contribution is -2.07. The summed E-state index contributed by atoms with van der Waals surface area (Å²) in [6.45, 7) is 8.32. The molecule has 12 nitrogen and oxygen atoms in total. The molecule has 4 aromatic heterocycles. The topological polar surface area (TPSA) is 169 Å². The van der Waals surface area contributed by atoms with Crippen LogP contribution in [0.3, 0.4) is 0 Å². The Kier molecular flexibility index (Phi) is 20.3. The quantitative estimate of drug-likeness (QED) is 0.0940. The number of phenolic OH excluding ortho intramolecular Hbond substituents is 1. The highest BCUT2D eigenvalue weighted by Gasteiger charge is 2.16. The zero-order valence-electron chi connectivity index (χ0n) is 33.6. The Bertz CT molecular complexity index is 2490. The number of rotatable bonds is 11. The van der Waals surface area contributed by atoms with Crippen LogP contribution >= 0.6 is 31.9 Å². The summed E-state index contributed by atoms with van der Waals surface area (Å²) in [5.41, 5.74) is 7.40. The van der Waals surface area contributed by atoms with E-state index < -0.39 is 0 Å². The van der Waals surface area contributed by atoms with Gasteiger partial charge in [0.25, 0.3) is 0 Å². The van der Waals surface area contributed by atoms with Crippen molar-refractivity contribution in [1.82, 2.24) is 29.5 Å². The fraction of sp³-hybridized carbons (Fsp3) is 0.213. The average Bonchev–Trinajstić information content (AvgIpc) is 3.98. The maximum absolute atomic E-state index is 11.2. The van der Waals surface area contributed by atoms with Gasteiger partial charge in [-0.2, -0.15) is 15.5 Å². The smallest absolute Gasteiger partial charge is 0.154 e. The SMILES string of the molecule is C.CC(C)n1nccc1-c1ncccc1O.CC(C)n1nccc1-c1ncccc1OCc1cccc(O)c1C=O.N#Cc1ccccc1CBr.O=Cc1ccccc1CBr. The van der Waals surface area contributed by atoms with Crippen LogP contribution < -0.4 is 4.74 Å². The van der Waals surface area contributed by atoms with Crippen molar-refractivity contribution in [3.05, 3.63) is 161 Å². The molecule has 0 fully saturated rings. The van der Waals surface area contributed by atoms with E-state index in [-0.39, 0.29) is 43.2 Å². The molecule has 0 spiro atoms. The van der Waals surface area contributed by atoms with Crippen molar-refractivity contribution in [3.8, 4) is 46.1 Å². The summed E-state index contributed by atoms with van der Waals surface area (Å²) < 4.78 is 9.62. The van der Waals surface area contributed by atoms with Crippen molar-refractivity contribution in [3.63, 3.8) is 0 Å². The van der Waals surface area contributed by atoms with Crippen molar-refractivity contribution in [2.24, 2.45) is 0 Å². The summed E-state index contributed by atoms with van der Waals surface area (Å²) in [7, 11) is 0. The van der Waals surface area contributed by atoms with Crippen LogP contribution in [0, 0.1) is 11.3 Å². The molecule has 0 aliphatic carbocycles. The van der Waals surface area contributed by atoms with E-state index in [4.69, 9.17) is 10.00 Å². The van der Waals surface area contributed by atoms with Crippen LogP contribution in [0.15, 0.2) is 128 Å². The minimum atomic E-state index is -0.0552. The molecule has 0 unspecified atom stereocenters. The van der Waals surface area contributed by atoms with E-state index in [9.17, 15) is 19.8 Å². The van der Waals surface area contributed by atoms with Gasteiger partial charge in [0.2, 0.25) is 0 Å². The zero-order chi connectivity index (χ0) is 43.4. The van der Waals surface area contributed by atoms with E-state index in [1.165, 1.54) is 6.07 Å². The Morgan fingerprint density at radius 3 is 1.74 bits per heavy atom. The molecule has 61 heavy (non-hydrogen) atoms. The summed E-state index contributed by atoms with van der Waals surface area (Å²) in [5.74, 6) is 0.713. The lowest BCUT2D eigenvalue weighted by Gasteiger charge is -2.14. The van der Waals surface area contributed by atoms with Crippen LogP contribution in [0.5, 0.6) is 17.2 Å². The molecule has 0 saturated carbocycles. The number of phenols is 1. The van der Waals surface area contributed by atoms with Crippen LogP contribution in [0.25, 0.3) is 22.8 Å². The second-order valence-corrected chi connectivity index (χ2v) is 14.5. The Labute approximate surface area is 373 Å². The number of benzene rings is 3. The highest BCUT2D eigenvalue weighted by molar-refractivity contribution is 9.08. The Hall–Kier alpha value is -6.43. The van der Waals surface area contributed by atoms with Crippen LogP contribution in [0.2, 0.25) is 0 Å². The average molecular weight is 952 g/mol. The van der Waals surface area contributed by atoms with Crippen LogP contribution in [0.1, 0.15) is 90.2 Å². The van der Waals surface area contributed by atoms with Gasteiger partial charge in [-0.05, 0) is 87.4 Å². The lowest BCUT2D eigenvalue weighted by atomic mass is 10.1. The number of carbonyl (C=O) groups excluding carboxylic acids is 2. The summed E-state index contributed by atoms with van der Waals surface area (Å²) in [4.78, 5) is 30.1. The first-order valence-corrected chi connectivity index (χ1v) is 21.0. The second kappa shape index (κ2) is 25.3. The van der Waals surface area contributed by atoms with Gasteiger partial charge in [-0.25, -0.2) is 0 Å². The first-order valence-electron chi connectivity index (χ1n) is 18.8. The number of nitriles is 1. The maximum Gasteiger partial charge on any atom is 0.154 e. The predicted octanol–water partition coefficient (Wildman–Crippen LogP) is 11.3. The first kappa shape index (κ1) is 48.9. The van der Waals surface area contributed by atoms with Crippen molar-refractivity contribution in [2.75, 3.05) is 0 Å². The van der Waals surface area contributed by atoms with E-state index in [1.54, 1.807) is 55.1 Å². The highest BCUT2D eigenvalue weighted by Crippen LogP contribution is 2.31. The number of aromatic nitrogens is 6. The summed E-state index contributed by atoms with van der Waals surface area (Å²) in [6.07, 6.45) is 8.30. The van der Waals surface area contributed by atoms with E-state index in [2.05, 4.69) is 58.1 Å². The third kappa shape index (κ3) is 13.5. The van der Waals surface area contributed by atoms with Crippen LogP contribution in [-0.2, 0) is 17.3 Å². The van der Waals surface area contributed by atoms with E-state index >= 15 is 0 Å². The standard InChI is InChI=1S/C19H19N3O3.C11H13N3O.C8H6BrN.C8H7BrO.CH4/c1-13(2)22-16(8-10-21-22)19-18(7-4-9-20-19)25-12-14-5-3-6-17(24)15(14)11-23;1-8(2)14-9(5-7-13-14)11-10(15)4-3-6-12-11;2*9-5-7-3-1-2-4-8(7)6-10;/h3-11,13,24H,12H2,1-2H3;3-8,15H,1-2H3;1-4H,5H2;1-4,6H,5H2;1H4. The molecular weight excluding hydrogens is 902 g/mol. The van der Waals surface area contributed by atoms with Crippen molar-refractivity contribution in [2.45, 2.75) is 64.5 Å². The molecule has 0 radical (unpaired) electrons. The first-order chi connectivity index (χ1) is 29.1. The van der Waals surface area contributed by atoms with Crippen molar-refractivity contribution in [1.29, 1.82) is 5.26 Å². The number of halogens is 2. The Morgan fingerprint density at radius 2 is 1.20 bits per heavy atom. The molecule has 2 N–H and O–H groups in total. The number of carbonyl (C=O) groups is 2. The Balaban J connectivity index is 0.000000235. The van der Waals surface area contributed by atoms with Gasteiger partial charge in [0.1, 0.15) is 41.5 Å². The number of aldehydes is 2. The zero-order valence-corrected chi connectivity index (χ0v) is 36.7. The van der Waals surface area contributed by atoms with Gasteiger partial charge in [-0.3, -0.25) is 28.9 Å². The predicted molar refractivity (Wildman–Crippen MR) is 246 cm³/mol. The van der Waals surface area contributed by atoms with Crippen molar-refractivity contribution < 1.29 is 24.5 Å². The monoisotopic (exact) mass is 949 g/mol. The van der Waals surface area contributed by atoms with Crippen LogP contribution in [0.4, 0.5) is 0 Å². The number of aromatic hydroxyl groups is 2. The molecule has 316 valence electrons. The number of hydrogen-bond acceptors (Lipinski definition) is 10. The molecule has 0 aliphatic rings. The molecule has 3 aromatic carbocycles. The molecular formula is C47H49Br2N7O5. The molecule has 4 heterocycles. The van der Waals surface area contributed by atoms with Crippen molar-refractivity contribution >= 4 is 44.4 Å². The minimum absolute atomic E-state index is 0. The summed E-state index contributed by atoms with van der Waals surface area (Å²) >= 11 is 6.59. The van der Waals surface area contributed by atoms with Gasteiger partial charge in [0.05, 0.1) is 28.6 Å². The van der Waals surface area contributed by atoms with Gasteiger partial charge in [-0.15, -0.1) is 0 Å². The van der Waals surface area contributed by atoms with E-state index in [0.717, 1.165) is 50.6 Å². The lowest BCUT2D eigenvalue weighted by molar-refractivity contribution is 0.111. The normalized spacial score (nSPS) is 10.1. The third-order valence-corrected chi connectivity index (χ3v) is 9.85. The van der Waals surface area contributed by atoms with Gasteiger partial charge in [-0.1, -0.05) is 93.9 Å². The summed E-state index contributed by atoms with van der Waals surface area (Å²) in [6, 6.07) is 33.2. The van der Waals surface area contributed by atoms with Gasteiger partial charge >= 0.3 is 0 Å². The molecule has 0 atom stereocenters. The number of alkyl halides is 2. The molecule has 0 saturated heterocycles. The Morgan fingerprint density at radius 1 is 0.656 bits per heavy atom. The summed E-state index contributed by atoms with van der Waals surface area (Å²) in [5, 5.41) is 38.1. The largest absolute Gasteiger partial charge is 0.507 e. The van der Waals surface area contributed by atoms with Crippen LogP contribution in [-0.4, -0.2) is 52.3 Å². The fourth-order valence-corrected chi connectivity index (χ4v) is 6.65.